The van der Waals surface area contributed by atoms with Crippen LogP contribution in [0.4, 0.5) is 0 Å². The fraction of sp³-hybridized carbons (Fsp3) is 0.290. The molecule has 0 radical (unpaired) electrons. The highest BCUT2D eigenvalue weighted by Crippen LogP contribution is 2.53. The number of carboxylic acid groups (broad SMARTS) is 1. The summed E-state index contributed by atoms with van der Waals surface area (Å²) in [5.41, 5.74) is 3.39. The number of hydrogen-bond acceptors (Lipinski definition) is 5. The fourth-order valence-corrected chi connectivity index (χ4v) is 6.42. The van der Waals surface area contributed by atoms with E-state index in [1.807, 2.05) is 12.1 Å². The summed E-state index contributed by atoms with van der Waals surface area (Å²) in [7, 11) is 0. The number of ether oxygens (including phenoxy) is 1. The van der Waals surface area contributed by atoms with Crippen LogP contribution in [0.25, 0.3) is 11.3 Å². The molecule has 1 aromatic heterocycles. The standard InChI is InChI=1S/C31H26Cl3NO5/c1-16-5-6-18(11-21(16)30(36)37)19-13-31(38,14-19)23-10-9-20(12-26(23)34)39-15-22-28(35-40-29(22)17-7-8-17)27-24(32)3-2-4-25(27)33/h2-6,9-12,17,19,38H,7-8,13-15H2,1H3,(H,36,37)/t19-,31-. The van der Waals surface area contributed by atoms with E-state index in [1.54, 1.807) is 49.4 Å². The second-order valence-corrected chi connectivity index (χ2v) is 11.9. The first-order chi connectivity index (χ1) is 19.1. The minimum absolute atomic E-state index is 0.0418. The maximum Gasteiger partial charge on any atom is 0.335 e. The summed E-state index contributed by atoms with van der Waals surface area (Å²) in [5, 5.41) is 26.4. The van der Waals surface area contributed by atoms with Gasteiger partial charge in [0, 0.05) is 17.0 Å². The molecular weight excluding hydrogens is 573 g/mol. The molecule has 9 heteroatoms. The van der Waals surface area contributed by atoms with Crippen molar-refractivity contribution in [1.82, 2.24) is 5.16 Å². The van der Waals surface area contributed by atoms with Crippen LogP contribution in [0.15, 0.2) is 59.1 Å². The van der Waals surface area contributed by atoms with Crippen LogP contribution in [0.5, 0.6) is 5.75 Å². The number of carboxylic acids is 1. The number of carbonyl (C=O) groups is 1. The molecule has 2 aliphatic rings. The highest BCUT2D eigenvalue weighted by atomic mass is 35.5. The number of aliphatic hydroxyl groups is 1. The zero-order valence-electron chi connectivity index (χ0n) is 21.6. The van der Waals surface area contributed by atoms with Crippen molar-refractivity contribution in [3.8, 4) is 17.0 Å². The van der Waals surface area contributed by atoms with Gasteiger partial charge in [-0.1, -0.05) is 64.2 Å². The number of aromatic carboxylic acids is 1. The largest absolute Gasteiger partial charge is 0.489 e. The predicted octanol–water partition coefficient (Wildman–Crippen LogP) is 8.53. The van der Waals surface area contributed by atoms with Crippen LogP contribution in [0.3, 0.4) is 0 Å². The van der Waals surface area contributed by atoms with Gasteiger partial charge < -0.3 is 19.5 Å². The van der Waals surface area contributed by atoms with E-state index in [-0.39, 0.29) is 18.1 Å². The Morgan fingerprint density at radius 2 is 1.75 bits per heavy atom. The SMILES string of the molecule is Cc1ccc([C@H]2C[C@@](O)(c3ccc(OCc4c(-c5c(Cl)cccc5Cl)noc4C4CC4)cc3Cl)C2)cc1C(=O)O. The molecule has 6 rings (SSSR count). The van der Waals surface area contributed by atoms with Gasteiger partial charge in [0.25, 0.3) is 0 Å². The second kappa shape index (κ2) is 10.4. The third kappa shape index (κ3) is 4.99. The average molecular weight is 599 g/mol. The van der Waals surface area contributed by atoms with Crippen molar-refractivity contribution in [2.75, 3.05) is 0 Å². The summed E-state index contributed by atoms with van der Waals surface area (Å²) in [5.74, 6) is 0.709. The molecule has 0 amide bonds. The molecule has 2 aliphatic carbocycles. The first-order valence-electron chi connectivity index (χ1n) is 13.1. The second-order valence-electron chi connectivity index (χ2n) is 10.7. The molecule has 0 bridgehead atoms. The quantitative estimate of drug-likeness (QED) is 0.211. The molecule has 0 unspecified atom stereocenters. The van der Waals surface area contributed by atoms with E-state index in [4.69, 9.17) is 44.1 Å². The van der Waals surface area contributed by atoms with Crippen molar-refractivity contribution < 1.29 is 24.3 Å². The summed E-state index contributed by atoms with van der Waals surface area (Å²) in [6, 6.07) is 16.0. The maximum atomic E-state index is 11.5. The maximum absolute atomic E-state index is 11.5. The Hall–Kier alpha value is -3.03. The Labute approximate surface area is 246 Å². The first-order valence-corrected chi connectivity index (χ1v) is 14.2. The molecule has 4 aromatic rings. The average Bonchev–Trinajstić information content (AvgIpc) is 3.66. The smallest absolute Gasteiger partial charge is 0.335 e. The van der Waals surface area contributed by atoms with Crippen molar-refractivity contribution in [3.05, 3.63) is 103 Å². The van der Waals surface area contributed by atoms with Crippen molar-refractivity contribution in [1.29, 1.82) is 0 Å². The van der Waals surface area contributed by atoms with Crippen LogP contribution in [0.1, 0.15) is 75.9 Å². The molecule has 3 aromatic carbocycles. The van der Waals surface area contributed by atoms with Crippen molar-refractivity contribution >= 4 is 40.8 Å². The van der Waals surface area contributed by atoms with E-state index in [2.05, 4.69) is 5.16 Å². The summed E-state index contributed by atoms with van der Waals surface area (Å²) in [4.78, 5) is 11.5. The number of nitrogens with zero attached hydrogens (tertiary/aromatic N) is 1. The Morgan fingerprint density at radius 3 is 2.40 bits per heavy atom. The Bertz CT molecular complexity index is 1600. The lowest BCUT2D eigenvalue weighted by atomic mass is 9.64. The van der Waals surface area contributed by atoms with E-state index in [0.29, 0.717) is 62.0 Å². The molecule has 0 aliphatic heterocycles. The van der Waals surface area contributed by atoms with Crippen molar-refractivity contribution in [3.63, 3.8) is 0 Å². The van der Waals surface area contributed by atoms with Gasteiger partial charge in [-0.05, 0) is 80.0 Å². The van der Waals surface area contributed by atoms with Gasteiger partial charge in [0.1, 0.15) is 23.8 Å². The Kier molecular flexibility index (Phi) is 7.07. The van der Waals surface area contributed by atoms with E-state index < -0.39 is 11.6 Å². The van der Waals surface area contributed by atoms with Gasteiger partial charge in [0.15, 0.2) is 0 Å². The molecular formula is C31H26Cl3NO5. The number of hydrogen-bond donors (Lipinski definition) is 2. The molecule has 40 heavy (non-hydrogen) atoms. The minimum atomic E-state index is -1.10. The lowest BCUT2D eigenvalue weighted by Crippen LogP contribution is -2.40. The summed E-state index contributed by atoms with van der Waals surface area (Å²) < 4.78 is 11.9. The van der Waals surface area contributed by atoms with Crippen LogP contribution in [0.2, 0.25) is 15.1 Å². The molecule has 2 N–H and O–H groups in total. The van der Waals surface area contributed by atoms with E-state index in [1.165, 1.54) is 0 Å². The van der Waals surface area contributed by atoms with Crippen LogP contribution in [-0.4, -0.2) is 21.3 Å². The van der Waals surface area contributed by atoms with Gasteiger partial charge >= 0.3 is 5.97 Å². The molecule has 0 spiro atoms. The molecule has 1 heterocycles. The van der Waals surface area contributed by atoms with Crippen LogP contribution in [0, 0.1) is 6.92 Å². The van der Waals surface area contributed by atoms with Crippen LogP contribution in [-0.2, 0) is 12.2 Å². The zero-order valence-corrected chi connectivity index (χ0v) is 23.9. The highest BCUT2D eigenvalue weighted by Gasteiger charge is 2.46. The van der Waals surface area contributed by atoms with Crippen LogP contribution >= 0.6 is 34.8 Å². The molecule has 206 valence electrons. The number of aromatic nitrogens is 1. The summed E-state index contributed by atoms with van der Waals surface area (Å²) in [6.45, 7) is 1.96. The first kappa shape index (κ1) is 27.2. The topological polar surface area (TPSA) is 92.8 Å². The summed E-state index contributed by atoms with van der Waals surface area (Å²) >= 11 is 19.6. The predicted molar refractivity (Wildman–Crippen MR) is 154 cm³/mol. The Balaban J connectivity index is 1.19. The molecule has 0 saturated heterocycles. The van der Waals surface area contributed by atoms with Crippen molar-refractivity contribution in [2.45, 2.75) is 56.7 Å². The van der Waals surface area contributed by atoms with Gasteiger partial charge in [0.05, 0.1) is 31.8 Å². The molecule has 2 fully saturated rings. The van der Waals surface area contributed by atoms with E-state index in [0.717, 1.165) is 29.7 Å². The number of aryl methyl sites for hydroxylation is 1. The lowest BCUT2D eigenvalue weighted by Gasteiger charge is -2.45. The third-order valence-electron chi connectivity index (χ3n) is 7.92. The Morgan fingerprint density at radius 1 is 1.02 bits per heavy atom. The molecule has 0 atom stereocenters. The van der Waals surface area contributed by atoms with Crippen LogP contribution < -0.4 is 4.74 Å². The van der Waals surface area contributed by atoms with E-state index >= 15 is 0 Å². The lowest BCUT2D eigenvalue weighted by molar-refractivity contribution is -0.0549. The van der Waals surface area contributed by atoms with Gasteiger partial charge in [-0.2, -0.15) is 0 Å². The monoisotopic (exact) mass is 597 g/mol. The van der Waals surface area contributed by atoms with Crippen molar-refractivity contribution in [2.24, 2.45) is 0 Å². The molecule has 6 nitrogen and oxygen atoms in total. The summed E-state index contributed by atoms with van der Waals surface area (Å²) in [6.07, 6.45) is 2.95. The normalized spacial score (nSPS) is 20.3. The van der Waals surface area contributed by atoms with E-state index in [9.17, 15) is 15.0 Å². The van der Waals surface area contributed by atoms with Gasteiger partial charge in [-0.25, -0.2) is 4.79 Å². The van der Waals surface area contributed by atoms with Gasteiger partial charge in [-0.15, -0.1) is 0 Å². The van der Waals surface area contributed by atoms with Gasteiger partial charge in [0.2, 0.25) is 0 Å². The zero-order chi connectivity index (χ0) is 28.2. The minimum Gasteiger partial charge on any atom is -0.489 e. The fourth-order valence-electron chi connectivity index (χ4n) is 5.50. The number of benzene rings is 3. The number of rotatable bonds is 8. The molecule has 2 saturated carbocycles. The third-order valence-corrected chi connectivity index (χ3v) is 8.87. The number of halogens is 3. The van der Waals surface area contributed by atoms with Gasteiger partial charge in [-0.3, -0.25) is 0 Å². The highest BCUT2D eigenvalue weighted by molar-refractivity contribution is 6.39.